The maximum Gasteiger partial charge on any atom is 0.136 e. The van der Waals surface area contributed by atoms with Crippen LogP contribution in [0.3, 0.4) is 0 Å². The largest absolute Gasteiger partial charge is 0.456 e. The van der Waals surface area contributed by atoms with Gasteiger partial charge in [-0.2, -0.15) is 0 Å². The molecule has 1 unspecified atom stereocenters. The van der Waals surface area contributed by atoms with Gasteiger partial charge in [-0.15, -0.1) is 11.3 Å². The second kappa shape index (κ2) is 13.3. The van der Waals surface area contributed by atoms with E-state index in [-0.39, 0.29) is 5.92 Å². The number of thiophene rings is 1. The Bertz CT molecular complexity index is 3240. The van der Waals surface area contributed by atoms with Crippen molar-refractivity contribution in [2.24, 2.45) is 5.92 Å². The average Bonchev–Trinajstić information content (AvgIpc) is 3.79. The van der Waals surface area contributed by atoms with Crippen LogP contribution in [-0.4, -0.2) is 0 Å². The number of furan rings is 1. The molecule has 2 aliphatic carbocycles. The lowest BCUT2D eigenvalue weighted by molar-refractivity contribution is 0.569. The van der Waals surface area contributed by atoms with Crippen molar-refractivity contribution in [2.75, 3.05) is 0 Å². The summed E-state index contributed by atoms with van der Waals surface area (Å²) in [7, 11) is 0. The van der Waals surface area contributed by atoms with E-state index in [1.165, 1.54) is 69.0 Å². The van der Waals surface area contributed by atoms with E-state index in [2.05, 4.69) is 165 Å². The fourth-order valence-corrected chi connectivity index (χ4v) is 9.77. The van der Waals surface area contributed by atoms with Crippen molar-refractivity contribution in [3.63, 3.8) is 0 Å². The summed E-state index contributed by atoms with van der Waals surface area (Å²) >= 11 is 1.89. The molecule has 0 aliphatic heterocycles. The van der Waals surface area contributed by atoms with Crippen LogP contribution < -0.4 is 21.1 Å². The highest BCUT2D eigenvalue weighted by Gasteiger charge is 2.20. The van der Waals surface area contributed by atoms with E-state index in [1.807, 2.05) is 23.5 Å². The van der Waals surface area contributed by atoms with Crippen LogP contribution in [0.1, 0.15) is 30.4 Å². The van der Waals surface area contributed by atoms with Crippen LogP contribution in [0.5, 0.6) is 0 Å². The van der Waals surface area contributed by atoms with E-state index >= 15 is 0 Å². The number of allylic oxidation sites excluding steroid dienone is 5. The van der Waals surface area contributed by atoms with Crippen LogP contribution >= 0.6 is 11.3 Å². The number of hydrogen-bond acceptors (Lipinski definition) is 2. The highest BCUT2D eigenvalue weighted by atomic mass is 32.1. The first-order valence-electron chi connectivity index (χ1n) is 18.8. The molecule has 2 heterocycles. The summed E-state index contributed by atoms with van der Waals surface area (Å²) in [5, 5.41) is 12.1. The summed E-state index contributed by atoms with van der Waals surface area (Å²) in [6.07, 6.45) is 14.8. The fraction of sp³-hybridized carbons (Fsp3) is 0.0769. The number of fused-ring (bicyclic) bond motifs is 10. The summed E-state index contributed by atoms with van der Waals surface area (Å²) in [5.41, 5.74) is 8.01. The Morgan fingerprint density at radius 2 is 1.41 bits per heavy atom. The normalized spacial score (nSPS) is 15.8. The van der Waals surface area contributed by atoms with E-state index in [0.29, 0.717) is 0 Å². The van der Waals surface area contributed by atoms with Gasteiger partial charge in [0.05, 0.1) is 0 Å². The van der Waals surface area contributed by atoms with Gasteiger partial charge in [-0.25, -0.2) is 0 Å². The smallest absolute Gasteiger partial charge is 0.136 e. The first-order valence-corrected chi connectivity index (χ1v) is 19.6. The van der Waals surface area contributed by atoms with Crippen molar-refractivity contribution < 1.29 is 4.42 Å². The predicted molar refractivity (Wildman–Crippen MR) is 234 cm³/mol. The Morgan fingerprint density at radius 1 is 0.685 bits per heavy atom. The quantitative estimate of drug-likeness (QED) is 0.177. The summed E-state index contributed by atoms with van der Waals surface area (Å²) < 4.78 is 9.20. The minimum Gasteiger partial charge on any atom is -0.456 e. The van der Waals surface area contributed by atoms with Gasteiger partial charge in [-0.3, -0.25) is 0 Å². The molecule has 54 heavy (non-hydrogen) atoms. The summed E-state index contributed by atoms with van der Waals surface area (Å²) in [6.45, 7) is 8.82. The third-order valence-corrected chi connectivity index (χ3v) is 12.4. The Morgan fingerprint density at radius 3 is 2.30 bits per heavy atom. The zero-order valence-electron chi connectivity index (χ0n) is 30.0. The minimum absolute atomic E-state index is 0.262. The molecule has 0 saturated heterocycles. The predicted octanol–water partition coefficient (Wildman–Crippen LogP) is 11.5. The SMILES string of the molecule is C=C(/C=c1/ccccc1=C)c1ccccccc(C2=CC(C3C=c4c(oc5ccc6c(ccc7c8ccccc8sc76)c45)=CC3)=CCC2)c2ccccc12. The highest BCUT2D eigenvalue weighted by molar-refractivity contribution is 7.26. The first-order chi connectivity index (χ1) is 26.6. The van der Waals surface area contributed by atoms with Crippen LogP contribution in [-0.2, 0) is 0 Å². The molecule has 1 atom stereocenters. The topological polar surface area (TPSA) is 13.1 Å². The number of benzene rings is 5. The van der Waals surface area contributed by atoms with E-state index in [9.17, 15) is 0 Å². The first kappa shape index (κ1) is 32.4. The third-order valence-electron chi connectivity index (χ3n) is 11.2. The monoisotopic (exact) mass is 710 g/mol. The van der Waals surface area contributed by atoms with Gasteiger partial charge >= 0.3 is 0 Å². The molecular formula is C52H38OS. The number of rotatable bonds is 4. The van der Waals surface area contributed by atoms with Crippen LogP contribution in [0, 0.1) is 5.92 Å². The molecule has 2 heteroatoms. The standard InChI is InChI=1S/C52H38OS/c1-33-14-7-8-15-35(33)30-34(2)39-18-5-3-4-6-19-40(42-21-10-9-20-41(39)42)38-17-13-16-36(31-38)37-24-28-48-47(32-37)51-44-25-26-45-43-22-11-12-23-50(43)54-52(45)46(44)27-29-49(51)53-48/h3-12,14-16,18-23,25-32,37H,1-2,13,17,24H2/b4-3?,5-3?,6-4?,18-5?,19-6?,35-30-,39-18?,40-19?,41-39?,42-40?. The van der Waals surface area contributed by atoms with E-state index in [1.54, 1.807) is 0 Å². The maximum absolute atomic E-state index is 6.52. The fourth-order valence-electron chi connectivity index (χ4n) is 8.54. The summed E-state index contributed by atoms with van der Waals surface area (Å²) in [4.78, 5) is 0. The lowest BCUT2D eigenvalue weighted by Gasteiger charge is -2.21. The molecule has 8 aromatic rings. The average molecular weight is 711 g/mol. The molecule has 0 saturated carbocycles. The zero-order valence-corrected chi connectivity index (χ0v) is 30.8. The molecule has 0 radical (unpaired) electrons. The van der Waals surface area contributed by atoms with Crippen molar-refractivity contribution in [1.82, 2.24) is 0 Å². The van der Waals surface area contributed by atoms with Gasteiger partial charge < -0.3 is 4.42 Å². The minimum atomic E-state index is 0.262. The summed E-state index contributed by atoms with van der Waals surface area (Å²) in [6, 6.07) is 47.8. The molecule has 258 valence electrons. The molecule has 0 spiro atoms. The van der Waals surface area contributed by atoms with Gasteiger partial charge in [0.15, 0.2) is 0 Å². The van der Waals surface area contributed by atoms with Crippen molar-refractivity contribution in [1.29, 1.82) is 0 Å². The van der Waals surface area contributed by atoms with Crippen molar-refractivity contribution >= 4 is 100.0 Å². The Kier molecular flexibility index (Phi) is 8.00. The van der Waals surface area contributed by atoms with E-state index in [0.717, 1.165) is 51.8 Å². The molecule has 0 bridgehead atoms. The molecule has 6 aromatic carbocycles. The molecule has 2 aromatic heterocycles. The van der Waals surface area contributed by atoms with Gasteiger partial charge in [-0.05, 0) is 104 Å². The Hall–Kier alpha value is -6.22. The Balaban J connectivity index is 1.10. The van der Waals surface area contributed by atoms with Crippen LogP contribution in [0.25, 0.3) is 88.6 Å². The van der Waals surface area contributed by atoms with Gasteiger partial charge in [0.2, 0.25) is 0 Å². The Labute approximate surface area is 318 Å². The van der Waals surface area contributed by atoms with E-state index in [4.69, 9.17) is 4.42 Å². The van der Waals surface area contributed by atoms with Crippen LogP contribution in [0.4, 0.5) is 0 Å². The molecule has 0 fully saturated rings. The third kappa shape index (κ3) is 5.54. The lowest BCUT2D eigenvalue weighted by Crippen LogP contribution is -2.26. The van der Waals surface area contributed by atoms with Gasteiger partial charge in [-0.1, -0.05) is 147 Å². The van der Waals surface area contributed by atoms with Gasteiger partial charge in [0, 0.05) is 42.1 Å². The maximum atomic E-state index is 6.52. The molecule has 0 N–H and O–H groups in total. The lowest BCUT2D eigenvalue weighted by atomic mass is 9.83. The summed E-state index contributed by atoms with van der Waals surface area (Å²) in [5.74, 6) is 0.262. The van der Waals surface area contributed by atoms with E-state index < -0.39 is 0 Å². The molecule has 10 rings (SSSR count). The van der Waals surface area contributed by atoms with Gasteiger partial charge in [0.1, 0.15) is 11.0 Å². The zero-order chi connectivity index (χ0) is 36.2. The second-order valence-electron chi connectivity index (χ2n) is 14.4. The van der Waals surface area contributed by atoms with Crippen molar-refractivity contribution in [2.45, 2.75) is 19.3 Å². The second-order valence-corrected chi connectivity index (χ2v) is 15.5. The van der Waals surface area contributed by atoms with Gasteiger partial charge in [0.25, 0.3) is 0 Å². The molecule has 0 amide bonds. The molecule has 1 nitrogen and oxygen atoms in total. The molecular weight excluding hydrogens is 673 g/mol. The highest BCUT2D eigenvalue weighted by Crippen LogP contribution is 2.40. The molecule has 2 aliphatic rings. The number of hydrogen-bond donors (Lipinski definition) is 0. The van der Waals surface area contributed by atoms with Crippen LogP contribution in [0.2, 0.25) is 0 Å². The van der Waals surface area contributed by atoms with Crippen molar-refractivity contribution in [3.8, 4) is 0 Å². The van der Waals surface area contributed by atoms with Crippen molar-refractivity contribution in [3.05, 3.63) is 190 Å². The van der Waals surface area contributed by atoms with Crippen LogP contribution in [0.15, 0.2) is 162 Å².